The zero-order valence-corrected chi connectivity index (χ0v) is 31.4. The largest absolute Gasteiger partial charge is 1.00 e. The fourth-order valence-corrected chi connectivity index (χ4v) is 9.17. The number of aromatic nitrogens is 8. The van der Waals surface area contributed by atoms with Crippen LogP contribution in [-0.2, 0) is 44.2 Å². The molecule has 0 aromatic carbocycles. The molecule has 0 radical (unpaired) electrons. The minimum absolute atomic E-state index is 0. The maximum Gasteiger partial charge on any atom is 1.00 e. The number of ether oxygens (including phenoxy) is 1. The normalized spacial score (nSPS) is 39.9. The van der Waals surface area contributed by atoms with Crippen LogP contribution in [0, 0.1) is 11.3 Å². The van der Waals surface area contributed by atoms with Crippen LogP contribution in [0.1, 0.15) is 18.7 Å². The fraction of sp³-hybridized carbons (Fsp3) is 0.545. The number of fused-ring (bicyclic) bond motifs is 4. The predicted octanol–water partition coefficient (Wildman–Crippen LogP) is -7.04. The molecule has 4 fully saturated rings. The Bertz CT molecular complexity index is 1940. The number of nitrogens with two attached hydrogens (primary N) is 2. The Morgan fingerprint density at radius 1 is 0.915 bits per heavy atom. The van der Waals surface area contributed by atoms with E-state index in [4.69, 9.17) is 46.5 Å². The topological polar surface area (TPSA) is 283 Å². The van der Waals surface area contributed by atoms with Crippen LogP contribution in [-0.4, -0.2) is 93.0 Å². The van der Waals surface area contributed by atoms with Gasteiger partial charge in [-0.05, 0) is 12.3 Å². The molecule has 2 aliphatic heterocycles. The number of anilines is 2. The summed E-state index contributed by atoms with van der Waals surface area (Å²) in [6.45, 7) is -5.51. The quantitative estimate of drug-likeness (QED) is 0.0847. The van der Waals surface area contributed by atoms with Crippen LogP contribution >= 0.6 is 14.6 Å². The molecular formula is C22H24N10Na2O10P2S. The molecule has 47 heavy (non-hydrogen) atoms. The van der Waals surface area contributed by atoms with Gasteiger partial charge in [0, 0.05) is 5.41 Å². The van der Waals surface area contributed by atoms with Crippen LogP contribution in [0.3, 0.4) is 0 Å². The van der Waals surface area contributed by atoms with Gasteiger partial charge in [0.15, 0.2) is 36.0 Å². The second-order valence-electron chi connectivity index (χ2n) is 11.3. The van der Waals surface area contributed by atoms with E-state index >= 15 is 0 Å². The number of imidazole rings is 2. The Morgan fingerprint density at radius 3 is 2.19 bits per heavy atom. The SMILES string of the molecule is Nc1ncnc2c1ncn2[C@H]1[C@H](O)[C@@H]2OP(=O)([S-])OC[C@H]3O[C@@H](n4cnc5c(N)ncnc54)[C@H](OP(=O)([O-])OCC24C[C@H]14)[C@@H]3O.[Na+].[Na+]. The number of phosphoric ester groups is 1. The van der Waals surface area contributed by atoms with E-state index < -0.39 is 82.0 Å². The van der Waals surface area contributed by atoms with Crippen LogP contribution in [0.4, 0.5) is 11.6 Å². The molecule has 2 saturated heterocycles. The summed E-state index contributed by atoms with van der Waals surface area (Å²) >= 11 is 5.19. The molecule has 240 valence electrons. The molecule has 2 saturated carbocycles. The molecule has 6 heterocycles. The van der Waals surface area contributed by atoms with Crippen molar-refractivity contribution in [1.29, 1.82) is 0 Å². The number of nitrogens with zero attached hydrogens (tertiary/aromatic N) is 8. The molecule has 20 nitrogen and oxygen atoms in total. The van der Waals surface area contributed by atoms with E-state index in [0.717, 1.165) is 0 Å². The van der Waals surface area contributed by atoms with Crippen molar-refractivity contribution in [3.05, 3.63) is 25.3 Å². The summed E-state index contributed by atoms with van der Waals surface area (Å²) in [5, 5.41) is 22.6. The minimum Gasteiger partial charge on any atom is -0.756 e. The summed E-state index contributed by atoms with van der Waals surface area (Å²) in [7, 11) is -5.20. The Hall–Kier alpha value is -0.810. The molecule has 8 rings (SSSR count). The Balaban J connectivity index is 0.00000193. The van der Waals surface area contributed by atoms with Gasteiger partial charge in [0.05, 0.1) is 31.9 Å². The molecule has 4 aromatic rings. The Morgan fingerprint density at radius 2 is 1.53 bits per heavy atom. The number of hydrogen-bond donors (Lipinski definition) is 4. The van der Waals surface area contributed by atoms with E-state index in [1.807, 2.05) is 0 Å². The number of rotatable bonds is 2. The van der Waals surface area contributed by atoms with E-state index in [1.165, 1.54) is 29.9 Å². The van der Waals surface area contributed by atoms with Crippen molar-refractivity contribution in [3.8, 4) is 0 Å². The molecule has 3 unspecified atom stereocenters. The summed E-state index contributed by atoms with van der Waals surface area (Å²) < 4.78 is 57.7. The van der Waals surface area contributed by atoms with E-state index in [0.29, 0.717) is 11.2 Å². The van der Waals surface area contributed by atoms with E-state index in [-0.39, 0.29) is 88.3 Å². The van der Waals surface area contributed by atoms with Crippen LogP contribution in [0.15, 0.2) is 25.3 Å². The zero-order chi connectivity index (χ0) is 31.5. The third kappa shape index (κ3) is 5.93. The number of aliphatic hydroxyl groups excluding tert-OH is 2. The van der Waals surface area contributed by atoms with Crippen molar-refractivity contribution in [1.82, 2.24) is 39.0 Å². The zero-order valence-electron chi connectivity index (χ0n) is 24.7. The molecular weight excluding hydrogens is 704 g/mol. The van der Waals surface area contributed by atoms with E-state index in [1.54, 1.807) is 4.57 Å². The molecule has 6 N–H and O–H groups in total. The van der Waals surface area contributed by atoms with Crippen molar-refractivity contribution < 1.29 is 106 Å². The summed E-state index contributed by atoms with van der Waals surface area (Å²) in [6.07, 6.45) is -3.11. The van der Waals surface area contributed by atoms with E-state index in [2.05, 4.69) is 29.9 Å². The van der Waals surface area contributed by atoms with Gasteiger partial charge in [0.1, 0.15) is 54.2 Å². The molecule has 11 atom stereocenters. The van der Waals surface area contributed by atoms with Gasteiger partial charge < -0.3 is 66.2 Å². The molecule has 0 amide bonds. The van der Waals surface area contributed by atoms with Crippen LogP contribution in [0.5, 0.6) is 0 Å². The third-order valence-electron chi connectivity index (χ3n) is 8.88. The second kappa shape index (κ2) is 12.8. The number of nitrogen functional groups attached to an aromatic ring is 2. The monoisotopic (exact) mass is 728 g/mol. The molecule has 25 heteroatoms. The molecule has 4 aliphatic rings. The van der Waals surface area contributed by atoms with Gasteiger partial charge in [-0.15, -0.1) is 0 Å². The fourth-order valence-electron chi connectivity index (χ4n) is 6.72. The van der Waals surface area contributed by atoms with Crippen LogP contribution < -0.4 is 75.5 Å². The first-order valence-electron chi connectivity index (χ1n) is 13.5. The summed E-state index contributed by atoms with van der Waals surface area (Å²) in [4.78, 5) is 37.9. The predicted molar refractivity (Wildman–Crippen MR) is 149 cm³/mol. The first-order chi connectivity index (χ1) is 21.4. The first-order valence-corrected chi connectivity index (χ1v) is 17.6. The van der Waals surface area contributed by atoms with Crippen LogP contribution in [0.25, 0.3) is 22.3 Å². The molecule has 2 aliphatic carbocycles. The van der Waals surface area contributed by atoms with Gasteiger partial charge in [-0.1, -0.05) is 0 Å². The van der Waals surface area contributed by atoms with Gasteiger partial charge in [-0.25, -0.2) is 29.9 Å². The summed E-state index contributed by atoms with van der Waals surface area (Å²) in [5.74, 6) is -0.265. The van der Waals surface area contributed by atoms with Gasteiger partial charge in [0.2, 0.25) is 0 Å². The average molecular weight is 728 g/mol. The molecule has 1 spiro atoms. The van der Waals surface area contributed by atoms with Crippen LogP contribution in [0.2, 0.25) is 0 Å². The van der Waals surface area contributed by atoms with Crippen molar-refractivity contribution in [2.45, 2.75) is 49.2 Å². The second-order valence-corrected chi connectivity index (χ2v) is 15.4. The standard InChI is InChI=1S/C22H26N10O10P2S.2Na/c23-17-10-19(27-4-25-17)31(6-29-10)12-8-1-22(8)3-39-43(35,36)41-15-13(33)9(2-38-44(37,45)42-16(22)14(12)34)40-21(15)32-7-30-11-18(24)26-5-28-20(11)32;;/h4-9,12-16,21,33-34H,1-3H2,(H,35,36)(H,37,45)(H2,23,25,27)(H2,24,26,28);;/q;2*+1/p-2/t8-,9-,12-,13-,14+,15-,16+,21-,22?,44?;;/m1../s1. The van der Waals surface area contributed by atoms with Crippen molar-refractivity contribution in [2.75, 3.05) is 24.7 Å². The Kier molecular flexibility index (Phi) is 9.77. The van der Waals surface area contributed by atoms with Gasteiger partial charge in [-0.3, -0.25) is 13.7 Å². The van der Waals surface area contributed by atoms with Gasteiger partial charge in [0.25, 0.3) is 7.82 Å². The third-order valence-corrected chi connectivity index (χ3v) is 11.4. The van der Waals surface area contributed by atoms with Crippen molar-refractivity contribution in [2.24, 2.45) is 11.3 Å². The number of phosphoric acid groups is 1. The summed E-state index contributed by atoms with van der Waals surface area (Å²) in [5.41, 5.74) is 11.6. The van der Waals surface area contributed by atoms with Gasteiger partial charge in [-0.2, -0.15) is 0 Å². The maximum absolute atomic E-state index is 13.5. The van der Waals surface area contributed by atoms with E-state index in [9.17, 15) is 24.2 Å². The minimum atomic E-state index is -5.20. The Labute approximate surface area is 314 Å². The number of hydrogen-bond acceptors (Lipinski definition) is 19. The average Bonchev–Trinajstić information content (AvgIpc) is 3.28. The molecule has 4 aromatic heterocycles. The smallest absolute Gasteiger partial charge is 0.756 e. The summed E-state index contributed by atoms with van der Waals surface area (Å²) in [6, 6.07) is -0.762. The number of aliphatic hydroxyl groups is 2. The van der Waals surface area contributed by atoms with Crippen molar-refractivity contribution in [3.63, 3.8) is 0 Å². The maximum atomic E-state index is 13.5. The molecule has 2 bridgehead atoms. The van der Waals surface area contributed by atoms with Crippen molar-refractivity contribution >= 4 is 60.8 Å². The first kappa shape index (κ1) is 36.0. The van der Waals surface area contributed by atoms with Gasteiger partial charge >= 0.3 is 59.1 Å².